The van der Waals surface area contributed by atoms with Crippen molar-refractivity contribution in [2.45, 2.75) is 38.5 Å². The molecule has 6 heteroatoms. The first-order valence-corrected chi connectivity index (χ1v) is 7.75. The molecule has 23 heavy (non-hydrogen) atoms. The fraction of sp³-hybridized carbons (Fsp3) is 0.412. The number of fused-ring (bicyclic) bond motifs is 1. The van der Waals surface area contributed by atoms with E-state index in [9.17, 15) is 19.1 Å². The molecule has 3 rings (SSSR count). The summed E-state index contributed by atoms with van der Waals surface area (Å²) in [5, 5.41) is 9.66. The Labute approximate surface area is 131 Å². The Hall–Kier alpha value is -2.37. The van der Waals surface area contributed by atoms with Crippen molar-refractivity contribution in [2.24, 2.45) is 11.7 Å². The van der Waals surface area contributed by atoms with Crippen LogP contribution in [0.5, 0.6) is 5.75 Å². The van der Waals surface area contributed by atoms with Crippen molar-refractivity contribution >= 4 is 16.9 Å². The van der Waals surface area contributed by atoms with Crippen LogP contribution in [0.3, 0.4) is 0 Å². The SMILES string of the molecule is NC(=O)c1oc2c(O)cc(F)cc2c(=O)c1CCCC1CCC1. The monoisotopic (exact) mass is 319 g/mol. The van der Waals surface area contributed by atoms with Gasteiger partial charge in [0, 0.05) is 11.6 Å². The van der Waals surface area contributed by atoms with Crippen LogP contribution in [0.2, 0.25) is 0 Å². The van der Waals surface area contributed by atoms with Crippen LogP contribution in [0, 0.1) is 11.7 Å². The molecule has 3 N–H and O–H groups in total. The Morgan fingerprint density at radius 1 is 1.39 bits per heavy atom. The lowest BCUT2D eigenvalue weighted by molar-refractivity contribution is 0.0972. The van der Waals surface area contributed by atoms with Gasteiger partial charge < -0.3 is 15.3 Å². The summed E-state index contributed by atoms with van der Waals surface area (Å²) < 4.78 is 18.8. The van der Waals surface area contributed by atoms with Crippen LogP contribution in [0.15, 0.2) is 21.3 Å². The molecule has 1 amide bonds. The molecule has 1 saturated carbocycles. The molecule has 2 aromatic rings. The Kier molecular flexibility index (Phi) is 4.07. The third kappa shape index (κ3) is 2.93. The van der Waals surface area contributed by atoms with Gasteiger partial charge in [-0.05, 0) is 24.8 Å². The summed E-state index contributed by atoms with van der Waals surface area (Å²) in [6.45, 7) is 0. The first kappa shape index (κ1) is 15.5. The van der Waals surface area contributed by atoms with Gasteiger partial charge in [-0.3, -0.25) is 9.59 Å². The number of amides is 1. The van der Waals surface area contributed by atoms with E-state index in [4.69, 9.17) is 10.2 Å². The highest BCUT2D eigenvalue weighted by Gasteiger charge is 2.22. The maximum atomic E-state index is 13.4. The summed E-state index contributed by atoms with van der Waals surface area (Å²) in [5.74, 6) is -1.71. The Morgan fingerprint density at radius 2 is 2.13 bits per heavy atom. The van der Waals surface area contributed by atoms with Crippen LogP contribution in [0.25, 0.3) is 11.0 Å². The summed E-state index contributed by atoms with van der Waals surface area (Å²) in [6, 6.07) is 1.83. The molecule has 0 unspecified atom stereocenters. The first-order valence-electron chi connectivity index (χ1n) is 7.75. The second-order valence-corrected chi connectivity index (χ2v) is 6.09. The van der Waals surface area contributed by atoms with E-state index in [0.717, 1.165) is 25.0 Å². The van der Waals surface area contributed by atoms with Crippen LogP contribution < -0.4 is 11.2 Å². The molecule has 1 aromatic heterocycles. The van der Waals surface area contributed by atoms with Crippen molar-refractivity contribution in [1.29, 1.82) is 0 Å². The van der Waals surface area contributed by atoms with Crippen molar-refractivity contribution in [3.8, 4) is 5.75 Å². The second-order valence-electron chi connectivity index (χ2n) is 6.09. The molecule has 122 valence electrons. The first-order chi connectivity index (χ1) is 11.0. The fourth-order valence-corrected chi connectivity index (χ4v) is 3.06. The fourth-order valence-electron chi connectivity index (χ4n) is 3.06. The van der Waals surface area contributed by atoms with Crippen LogP contribution in [-0.2, 0) is 6.42 Å². The molecule has 1 heterocycles. The number of phenolic OH excluding ortho intramolecular Hbond substituents is 1. The molecule has 1 aromatic carbocycles. The molecular weight excluding hydrogens is 301 g/mol. The Balaban J connectivity index is 2.02. The molecule has 1 aliphatic carbocycles. The highest BCUT2D eigenvalue weighted by molar-refractivity contribution is 5.94. The molecule has 0 bridgehead atoms. The number of primary amides is 1. The lowest BCUT2D eigenvalue weighted by atomic mass is 9.81. The van der Waals surface area contributed by atoms with Crippen molar-refractivity contribution < 1.29 is 18.7 Å². The predicted octanol–water partition coefficient (Wildman–Crippen LogP) is 2.86. The van der Waals surface area contributed by atoms with Crippen LogP contribution in [0.4, 0.5) is 4.39 Å². The Bertz CT molecular complexity index is 823. The summed E-state index contributed by atoms with van der Waals surface area (Å²) in [6.07, 6.45) is 5.72. The minimum absolute atomic E-state index is 0.0776. The Morgan fingerprint density at radius 3 is 2.74 bits per heavy atom. The number of phenols is 1. The lowest BCUT2D eigenvalue weighted by Gasteiger charge is -2.25. The third-order valence-electron chi connectivity index (χ3n) is 4.52. The molecule has 1 fully saturated rings. The molecule has 0 saturated heterocycles. The highest BCUT2D eigenvalue weighted by Crippen LogP contribution is 2.31. The quantitative estimate of drug-likeness (QED) is 0.886. The predicted molar refractivity (Wildman–Crippen MR) is 82.9 cm³/mol. The minimum Gasteiger partial charge on any atom is -0.504 e. The lowest BCUT2D eigenvalue weighted by Crippen LogP contribution is -2.21. The van der Waals surface area contributed by atoms with Gasteiger partial charge in [-0.25, -0.2) is 4.39 Å². The summed E-state index contributed by atoms with van der Waals surface area (Å²) in [4.78, 5) is 24.2. The summed E-state index contributed by atoms with van der Waals surface area (Å²) in [7, 11) is 0. The van der Waals surface area contributed by atoms with Gasteiger partial charge in [-0.1, -0.05) is 25.7 Å². The summed E-state index contributed by atoms with van der Waals surface area (Å²) in [5.41, 5.74) is 4.73. The number of benzene rings is 1. The van der Waals surface area contributed by atoms with Crippen LogP contribution in [0.1, 0.15) is 48.2 Å². The molecule has 0 aliphatic heterocycles. The number of hydrogen-bond donors (Lipinski definition) is 2. The third-order valence-corrected chi connectivity index (χ3v) is 4.52. The van der Waals surface area contributed by atoms with Crippen LogP contribution >= 0.6 is 0 Å². The zero-order chi connectivity index (χ0) is 16.6. The van der Waals surface area contributed by atoms with Gasteiger partial charge in [0.05, 0.1) is 5.39 Å². The van der Waals surface area contributed by atoms with Crippen molar-refractivity contribution in [3.63, 3.8) is 0 Å². The minimum atomic E-state index is -0.869. The molecule has 5 nitrogen and oxygen atoms in total. The second kappa shape index (κ2) is 6.02. The molecule has 1 aliphatic rings. The normalized spacial score (nSPS) is 14.8. The zero-order valence-corrected chi connectivity index (χ0v) is 12.6. The van der Waals surface area contributed by atoms with Gasteiger partial charge in [0.25, 0.3) is 5.91 Å². The molecule has 0 radical (unpaired) electrons. The number of carbonyl (C=O) groups excluding carboxylic acids is 1. The average molecular weight is 319 g/mol. The van der Waals surface area contributed by atoms with Gasteiger partial charge in [-0.2, -0.15) is 0 Å². The molecule has 0 spiro atoms. The molecule has 0 atom stereocenters. The number of nitrogens with two attached hydrogens (primary N) is 1. The van der Waals surface area contributed by atoms with Gasteiger partial charge in [0.15, 0.2) is 22.5 Å². The zero-order valence-electron chi connectivity index (χ0n) is 12.6. The van der Waals surface area contributed by atoms with Crippen molar-refractivity contribution in [1.82, 2.24) is 0 Å². The van der Waals surface area contributed by atoms with Crippen molar-refractivity contribution in [3.05, 3.63) is 39.5 Å². The van der Waals surface area contributed by atoms with Gasteiger partial charge >= 0.3 is 0 Å². The van der Waals surface area contributed by atoms with Gasteiger partial charge in [-0.15, -0.1) is 0 Å². The number of hydrogen-bond acceptors (Lipinski definition) is 4. The van der Waals surface area contributed by atoms with E-state index in [-0.39, 0.29) is 22.3 Å². The maximum Gasteiger partial charge on any atom is 0.284 e. The van der Waals surface area contributed by atoms with Gasteiger partial charge in [0.2, 0.25) is 0 Å². The van der Waals surface area contributed by atoms with Crippen molar-refractivity contribution in [2.75, 3.05) is 0 Å². The molecular formula is C17H18FNO4. The van der Waals surface area contributed by atoms with E-state index in [2.05, 4.69) is 0 Å². The van der Waals surface area contributed by atoms with E-state index in [1.54, 1.807) is 0 Å². The van der Waals surface area contributed by atoms with E-state index in [1.165, 1.54) is 19.3 Å². The largest absolute Gasteiger partial charge is 0.504 e. The smallest absolute Gasteiger partial charge is 0.284 e. The van der Waals surface area contributed by atoms with E-state index in [1.807, 2.05) is 0 Å². The van der Waals surface area contributed by atoms with Gasteiger partial charge in [0.1, 0.15) is 5.82 Å². The average Bonchev–Trinajstić information content (AvgIpc) is 2.43. The van der Waals surface area contributed by atoms with E-state index < -0.39 is 22.9 Å². The maximum absolute atomic E-state index is 13.4. The number of halogens is 1. The van der Waals surface area contributed by atoms with E-state index in [0.29, 0.717) is 12.3 Å². The number of aromatic hydroxyl groups is 1. The topological polar surface area (TPSA) is 93.5 Å². The summed E-state index contributed by atoms with van der Waals surface area (Å²) >= 11 is 0. The number of carbonyl (C=O) groups is 1. The van der Waals surface area contributed by atoms with Crippen LogP contribution in [-0.4, -0.2) is 11.0 Å². The van der Waals surface area contributed by atoms with E-state index >= 15 is 0 Å². The highest BCUT2D eigenvalue weighted by atomic mass is 19.1. The number of rotatable bonds is 5. The standard InChI is InChI=1S/C17H18FNO4/c18-10-7-12-14(21)11(6-2-5-9-3-1-4-9)16(17(19)22)23-15(12)13(20)8-10/h7-9,20H,1-6H2,(H2,19,22).